The highest BCUT2D eigenvalue weighted by Gasteiger charge is 2.35. The van der Waals surface area contributed by atoms with Crippen LogP contribution in [-0.2, 0) is 9.47 Å². The first kappa shape index (κ1) is 14.3. The summed E-state index contributed by atoms with van der Waals surface area (Å²) in [6.45, 7) is 1.80. The fourth-order valence-corrected chi connectivity index (χ4v) is 3.08. The Labute approximate surface area is 110 Å². The van der Waals surface area contributed by atoms with Gasteiger partial charge in [-0.3, -0.25) is 0 Å². The summed E-state index contributed by atoms with van der Waals surface area (Å²) in [4.78, 5) is 0. The Bertz CT molecular complexity index is 237. The fourth-order valence-electron chi connectivity index (χ4n) is 3.08. The Hall–Kier alpha value is -0.160. The van der Waals surface area contributed by atoms with Gasteiger partial charge in [-0.15, -0.1) is 0 Å². The zero-order valence-corrected chi connectivity index (χ0v) is 11.5. The van der Waals surface area contributed by atoms with Crippen molar-refractivity contribution >= 4 is 0 Å². The molecule has 106 valence electrons. The molecule has 3 atom stereocenters. The lowest BCUT2D eigenvalue weighted by atomic mass is 9.81. The molecule has 4 nitrogen and oxygen atoms in total. The molecule has 0 bridgehead atoms. The van der Waals surface area contributed by atoms with Crippen molar-refractivity contribution in [2.75, 3.05) is 26.9 Å². The first-order valence-corrected chi connectivity index (χ1v) is 7.31. The maximum Gasteiger partial charge on any atom is 0.0808 e. The minimum Gasteiger partial charge on any atom is -0.394 e. The monoisotopic (exact) mass is 257 g/mol. The summed E-state index contributed by atoms with van der Waals surface area (Å²) in [7, 11) is 1.93. The molecular formula is C14H27NO3. The third kappa shape index (κ3) is 3.67. The number of aliphatic hydroxyl groups excluding tert-OH is 1. The van der Waals surface area contributed by atoms with E-state index in [1.54, 1.807) is 0 Å². The van der Waals surface area contributed by atoms with E-state index in [9.17, 15) is 5.11 Å². The molecule has 2 aliphatic rings. The van der Waals surface area contributed by atoms with Crippen LogP contribution in [0.15, 0.2) is 0 Å². The van der Waals surface area contributed by atoms with Gasteiger partial charge in [-0.2, -0.15) is 0 Å². The van der Waals surface area contributed by atoms with Gasteiger partial charge >= 0.3 is 0 Å². The highest BCUT2D eigenvalue weighted by molar-refractivity contribution is 4.93. The normalized spacial score (nSPS) is 37.7. The van der Waals surface area contributed by atoms with Crippen LogP contribution in [0, 0.1) is 0 Å². The minimum atomic E-state index is -0.129. The number of likely N-dealkylation sites (N-methyl/N-ethyl adjacent to an activating group) is 1. The molecule has 18 heavy (non-hydrogen) atoms. The molecule has 2 rings (SSSR count). The van der Waals surface area contributed by atoms with Gasteiger partial charge in [0.15, 0.2) is 0 Å². The topological polar surface area (TPSA) is 50.7 Å². The minimum absolute atomic E-state index is 0.129. The third-order valence-electron chi connectivity index (χ3n) is 4.42. The van der Waals surface area contributed by atoms with E-state index in [1.807, 2.05) is 7.05 Å². The van der Waals surface area contributed by atoms with Gasteiger partial charge in [0.05, 0.1) is 25.4 Å². The highest BCUT2D eigenvalue weighted by Crippen LogP contribution is 2.30. The van der Waals surface area contributed by atoms with Crippen molar-refractivity contribution in [1.29, 1.82) is 0 Å². The van der Waals surface area contributed by atoms with Gasteiger partial charge in [-0.25, -0.2) is 0 Å². The van der Waals surface area contributed by atoms with Crippen LogP contribution in [0.2, 0.25) is 0 Å². The van der Waals surface area contributed by atoms with Crippen LogP contribution in [0.5, 0.6) is 0 Å². The summed E-state index contributed by atoms with van der Waals surface area (Å²) < 4.78 is 11.7. The summed E-state index contributed by atoms with van der Waals surface area (Å²) >= 11 is 0. The van der Waals surface area contributed by atoms with Crippen LogP contribution in [0.3, 0.4) is 0 Å². The zero-order valence-electron chi connectivity index (χ0n) is 11.5. The van der Waals surface area contributed by atoms with E-state index < -0.39 is 0 Å². The standard InChI is InChI=1S/C14H27NO3/c1-15-14(11-16)7-4-6-12(9-14)18-10-13-5-2-3-8-17-13/h12-13,15-16H,2-11H2,1H3. The van der Waals surface area contributed by atoms with Crippen molar-refractivity contribution in [3.05, 3.63) is 0 Å². The lowest BCUT2D eigenvalue weighted by Gasteiger charge is -2.39. The summed E-state index contributed by atoms with van der Waals surface area (Å²) in [5.74, 6) is 0. The predicted molar refractivity (Wildman–Crippen MR) is 70.7 cm³/mol. The Morgan fingerprint density at radius 1 is 1.33 bits per heavy atom. The second-order valence-electron chi connectivity index (χ2n) is 5.73. The molecule has 1 saturated carbocycles. The molecule has 0 radical (unpaired) electrons. The van der Waals surface area contributed by atoms with Crippen molar-refractivity contribution < 1.29 is 14.6 Å². The van der Waals surface area contributed by atoms with E-state index in [2.05, 4.69) is 5.32 Å². The van der Waals surface area contributed by atoms with E-state index in [1.165, 1.54) is 12.8 Å². The summed E-state index contributed by atoms with van der Waals surface area (Å²) in [6.07, 6.45) is 8.32. The van der Waals surface area contributed by atoms with Crippen molar-refractivity contribution in [2.24, 2.45) is 0 Å². The Balaban J connectivity index is 1.75. The molecule has 2 fully saturated rings. The zero-order chi connectivity index (χ0) is 12.8. The van der Waals surface area contributed by atoms with E-state index in [4.69, 9.17) is 9.47 Å². The lowest BCUT2D eigenvalue weighted by Crippen LogP contribution is -2.51. The number of aliphatic hydroxyl groups is 1. The maximum atomic E-state index is 9.53. The van der Waals surface area contributed by atoms with Crippen molar-refractivity contribution in [2.45, 2.75) is 62.7 Å². The second-order valence-corrected chi connectivity index (χ2v) is 5.73. The number of hydrogen-bond donors (Lipinski definition) is 2. The van der Waals surface area contributed by atoms with E-state index >= 15 is 0 Å². The number of nitrogens with one attached hydrogen (secondary N) is 1. The largest absolute Gasteiger partial charge is 0.394 e. The maximum absolute atomic E-state index is 9.53. The number of ether oxygens (including phenoxy) is 2. The quantitative estimate of drug-likeness (QED) is 0.783. The molecule has 1 aliphatic carbocycles. The molecule has 1 aliphatic heterocycles. The van der Waals surface area contributed by atoms with Gasteiger partial charge in [0.25, 0.3) is 0 Å². The number of rotatable bonds is 5. The Morgan fingerprint density at radius 2 is 2.22 bits per heavy atom. The van der Waals surface area contributed by atoms with Gasteiger partial charge in [0.1, 0.15) is 0 Å². The van der Waals surface area contributed by atoms with Crippen molar-refractivity contribution in [1.82, 2.24) is 5.32 Å². The first-order valence-electron chi connectivity index (χ1n) is 7.31. The summed E-state index contributed by atoms with van der Waals surface area (Å²) in [6, 6.07) is 0. The molecule has 2 N–H and O–H groups in total. The molecule has 1 saturated heterocycles. The first-order chi connectivity index (χ1) is 8.78. The average Bonchev–Trinajstić information content (AvgIpc) is 2.46. The lowest BCUT2D eigenvalue weighted by molar-refractivity contribution is -0.0814. The molecule has 0 spiro atoms. The van der Waals surface area contributed by atoms with Gasteiger partial charge in [0, 0.05) is 12.1 Å². The molecule has 0 aromatic rings. The average molecular weight is 257 g/mol. The van der Waals surface area contributed by atoms with Gasteiger partial charge in [-0.05, 0) is 52.0 Å². The van der Waals surface area contributed by atoms with E-state index in [0.717, 1.165) is 45.3 Å². The van der Waals surface area contributed by atoms with E-state index in [0.29, 0.717) is 6.10 Å². The van der Waals surface area contributed by atoms with Crippen LogP contribution in [-0.4, -0.2) is 49.7 Å². The van der Waals surface area contributed by atoms with Crippen LogP contribution in [0.1, 0.15) is 44.9 Å². The smallest absolute Gasteiger partial charge is 0.0808 e. The van der Waals surface area contributed by atoms with Gasteiger partial charge in [-0.1, -0.05) is 0 Å². The number of hydrogen-bond acceptors (Lipinski definition) is 4. The van der Waals surface area contributed by atoms with Crippen LogP contribution in [0.4, 0.5) is 0 Å². The van der Waals surface area contributed by atoms with Crippen molar-refractivity contribution in [3.63, 3.8) is 0 Å². The molecule has 4 heteroatoms. The third-order valence-corrected chi connectivity index (χ3v) is 4.42. The predicted octanol–water partition coefficient (Wildman–Crippen LogP) is 1.47. The highest BCUT2D eigenvalue weighted by atomic mass is 16.5. The summed E-state index contributed by atoms with van der Waals surface area (Å²) in [5, 5.41) is 12.8. The van der Waals surface area contributed by atoms with E-state index in [-0.39, 0.29) is 18.2 Å². The second kappa shape index (κ2) is 6.85. The fraction of sp³-hybridized carbons (Fsp3) is 1.00. The molecule has 3 unspecified atom stereocenters. The van der Waals surface area contributed by atoms with Crippen LogP contribution >= 0.6 is 0 Å². The Kier molecular flexibility index (Phi) is 5.42. The van der Waals surface area contributed by atoms with Crippen molar-refractivity contribution in [3.8, 4) is 0 Å². The summed E-state index contributed by atoms with van der Waals surface area (Å²) in [5.41, 5.74) is -0.129. The van der Waals surface area contributed by atoms with Crippen LogP contribution in [0.25, 0.3) is 0 Å². The molecule has 0 aromatic heterocycles. The molecule has 1 heterocycles. The molecule has 0 amide bonds. The molecular weight excluding hydrogens is 230 g/mol. The Morgan fingerprint density at radius 3 is 2.89 bits per heavy atom. The van der Waals surface area contributed by atoms with Crippen LogP contribution < -0.4 is 5.32 Å². The SMILES string of the molecule is CNC1(CO)CCCC(OCC2CCCCO2)C1. The van der Waals surface area contributed by atoms with Gasteiger partial charge in [0.2, 0.25) is 0 Å². The van der Waals surface area contributed by atoms with Gasteiger partial charge < -0.3 is 19.9 Å². The molecule has 0 aromatic carbocycles.